The first-order valence-corrected chi connectivity index (χ1v) is 13.9. The molecule has 4 heterocycles. The number of benzene rings is 2. The van der Waals surface area contributed by atoms with Gasteiger partial charge >= 0.3 is 5.69 Å². The highest BCUT2D eigenvalue weighted by molar-refractivity contribution is 5.97. The molecule has 1 saturated carbocycles. The molecule has 214 valence electrons. The number of amides is 1. The summed E-state index contributed by atoms with van der Waals surface area (Å²) in [5, 5.41) is 10.7. The summed E-state index contributed by atoms with van der Waals surface area (Å²) in [6, 6.07) is 10.7. The van der Waals surface area contributed by atoms with Crippen LogP contribution in [0.5, 0.6) is 11.5 Å². The molecule has 2 aliphatic heterocycles. The van der Waals surface area contributed by atoms with E-state index in [1.807, 2.05) is 17.0 Å². The van der Waals surface area contributed by atoms with Gasteiger partial charge in [0.15, 0.2) is 17.2 Å². The van der Waals surface area contributed by atoms with E-state index in [9.17, 15) is 14.7 Å². The summed E-state index contributed by atoms with van der Waals surface area (Å²) in [4.78, 5) is 38.8. The minimum Gasteiger partial charge on any atom is -0.507 e. The van der Waals surface area contributed by atoms with Gasteiger partial charge < -0.3 is 19.6 Å². The van der Waals surface area contributed by atoms with Gasteiger partial charge in [-0.15, -0.1) is 0 Å². The van der Waals surface area contributed by atoms with Crippen LogP contribution < -0.4 is 15.3 Å². The van der Waals surface area contributed by atoms with Gasteiger partial charge in [0.25, 0.3) is 0 Å². The van der Waals surface area contributed by atoms with Crippen molar-refractivity contribution in [3.8, 4) is 28.4 Å². The number of hydrogen-bond acceptors (Lipinski definition) is 7. The molecular formula is C31H27F2N5O4. The zero-order valence-electron chi connectivity index (χ0n) is 22.6. The van der Waals surface area contributed by atoms with Gasteiger partial charge in [0, 0.05) is 19.6 Å². The van der Waals surface area contributed by atoms with E-state index in [1.165, 1.54) is 22.8 Å². The first-order valence-electron chi connectivity index (χ1n) is 13.9. The molecule has 9 nitrogen and oxygen atoms in total. The van der Waals surface area contributed by atoms with E-state index in [0.717, 1.165) is 30.9 Å². The number of halogens is 2. The van der Waals surface area contributed by atoms with Crippen LogP contribution in [0.2, 0.25) is 0 Å². The standard InChI is InChI=1S/C31H27F2N5O4/c1-2-23(40)36-13-14-37-18(15-36)16-42-28-25-29(37)35-31(41)38(21-11-4-3-9-19(21)17-7-5-8-17)30(25)34-27(26(28)33)24-20(32)10-6-12-22(24)39/h2-4,6,9-12,17-18,39H,1,5,7-8,13-16H2/t18-/m1/s1. The van der Waals surface area contributed by atoms with Crippen LogP contribution in [0.15, 0.2) is 59.9 Å². The molecule has 2 aromatic heterocycles. The Morgan fingerprint density at radius 2 is 1.90 bits per heavy atom. The Morgan fingerprint density at radius 1 is 1.10 bits per heavy atom. The van der Waals surface area contributed by atoms with Crippen molar-refractivity contribution < 1.29 is 23.4 Å². The van der Waals surface area contributed by atoms with E-state index < -0.39 is 40.4 Å². The first kappa shape index (κ1) is 26.1. The highest BCUT2D eigenvalue weighted by Crippen LogP contribution is 2.45. The van der Waals surface area contributed by atoms with Crippen molar-refractivity contribution in [3.63, 3.8) is 0 Å². The largest absolute Gasteiger partial charge is 0.507 e. The number of rotatable bonds is 4. The van der Waals surface area contributed by atoms with Gasteiger partial charge in [0.1, 0.15) is 35.1 Å². The topological polar surface area (TPSA) is 101 Å². The normalized spacial score (nSPS) is 18.2. The molecule has 0 unspecified atom stereocenters. The van der Waals surface area contributed by atoms with Crippen molar-refractivity contribution in [1.82, 2.24) is 19.4 Å². The summed E-state index contributed by atoms with van der Waals surface area (Å²) >= 11 is 0. The van der Waals surface area contributed by atoms with Crippen LogP contribution in [-0.2, 0) is 4.79 Å². The van der Waals surface area contributed by atoms with Gasteiger partial charge in [-0.3, -0.25) is 4.79 Å². The average molecular weight is 572 g/mol. The maximum absolute atomic E-state index is 16.4. The number of phenolic OH excluding ortho intramolecular Hbond substituents is 1. The maximum atomic E-state index is 16.4. The number of pyridine rings is 1. The van der Waals surface area contributed by atoms with Gasteiger partial charge in [-0.1, -0.05) is 37.3 Å². The third-order valence-electron chi connectivity index (χ3n) is 8.52. The van der Waals surface area contributed by atoms with E-state index in [-0.39, 0.29) is 47.6 Å². The Hall–Kier alpha value is -4.80. The number of fused-ring (bicyclic) bond motifs is 2. The van der Waals surface area contributed by atoms with Gasteiger partial charge in [-0.25, -0.2) is 23.1 Å². The SMILES string of the molecule is C=CC(=O)N1CCN2c3nc(=O)n(-c4ccccc4C4CCC4)c4nc(-c5c(O)cccc5F)c(F)c(c34)OC[C@H]2C1. The summed E-state index contributed by atoms with van der Waals surface area (Å²) in [7, 11) is 0. The Bertz CT molecular complexity index is 1820. The predicted octanol–water partition coefficient (Wildman–Crippen LogP) is 4.29. The molecule has 1 N–H and O–H groups in total. The maximum Gasteiger partial charge on any atom is 0.355 e. The number of phenols is 1. The lowest BCUT2D eigenvalue weighted by Crippen LogP contribution is -2.56. The Kier molecular flexibility index (Phi) is 6.18. The van der Waals surface area contributed by atoms with E-state index in [1.54, 1.807) is 17.0 Å². The minimum absolute atomic E-state index is 0.0380. The monoisotopic (exact) mass is 571 g/mol. The number of carbonyl (C=O) groups excluding carboxylic acids is 1. The Balaban J connectivity index is 1.53. The van der Waals surface area contributed by atoms with Gasteiger partial charge in [-0.05, 0) is 48.6 Å². The molecule has 0 radical (unpaired) electrons. The van der Waals surface area contributed by atoms with Crippen LogP contribution in [0.4, 0.5) is 14.6 Å². The molecule has 1 aliphatic carbocycles. The molecule has 4 aromatic rings. The molecule has 3 aliphatic rings. The van der Waals surface area contributed by atoms with Crippen molar-refractivity contribution >= 4 is 22.8 Å². The number of nitrogens with zero attached hydrogens (tertiary/aromatic N) is 5. The number of anilines is 1. The fourth-order valence-electron chi connectivity index (χ4n) is 6.19. The zero-order valence-corrected chi connectivity index (χ0v) is 22.6. The lowest BCUT2D eigenvalue weighted by molar-refractivity contribution is -0.126. The quantitative estimate of drug-likeness (QED) is 0.365. The van der Waals surface area contributed by atoms with Crippen molar-refractivity contribution in [2.45, 2.75) is 31.2 Å². The fourth-order valence-corrected chi connectivity index (χ4v) is 6.19. The average Bonchev–Trinajstić information content (AvgIpc) is 3.12. The zero-order chi connectivity index (χ0) is 29.1. The van der Waals surface area contributed by atoms with Crippen molar-refractivity contribution in [2.24, 2.45) is 0 Å². The van der Waals surface area contributed by atoms with Gasteiger partial charge in [-0.2, -0.15) is 4.98 Å². The highest BCUT2D eigenvalue weighted by Gasteiger charge is 2.38. The molecule has 42 heavy (non-hydrogen) atoms. The molecule has 0 bridgehead atoms. The van der Waals surface area contributed by atoms with Crippen LogP contribution in [0.3, 0.4) is 0 Å². The molecule has 1 atom stereocenters. The molecule has 2 fully saturated rings. The number of carbonyl (C=O) groups is 1. The molecule has 0 spiro atoms. The predicted molar refractivity (Wildman–Crippen MR) is 152 cm³/mol. The lowest BCUT2D eigenvalue weighted by Gasteiger charge is -2.40. The van der Waals surface area contributed by atoms with Crippen LogP contribution >= 0.6 is 0 Å². The summed E-state index contributed by atoms with van der Waals surface area (Å²) < 4.78 is 38.9. The van der Waals surface area contributed by atoms with Crippen LogP contribution in [-0.4, -0.2) is 62.7 Å². The number of ether oxygens (including phenoxy) is 1. The van der Waals surface area contributed by atoms with E-state index in [4.69, 9.17) is 4.74 Å². The second-order valence-corrected chi connectivity index (χ2v) is 10.8. The van der Waals surface area contributed by atoms with Crippen LogP contribution in [0.1, 0.15) is 30.7 Å². The third kappa shape index (κ3) is 3.94. The van der Waals surface area contributed by atoms with Gasteiger partial charge in [0.05, 0.1) is 17.3 Å². The lowest BCUT2D eigenvalue weighted by atomic mass is 9.79. The minimum atomic E-state index is -0.984. The molecule has 2 aromatic carbocycles. The number of hydrogen-bond donors (Lipinski definition) is 1. The van der Waals surface area contributed by atoms with Crippen LogP contribution in [0.25, 0.3) is 28.0 Å². The number of piperazine rings is 1. The summed E-state index contributed by atoms with van der Waals surface area (Å²) in [6.07, 6.45) is 4.24. The number of para-hydroxylation sites is 1. The molecule has 1 saturated heterocycles. The number of aromatic nitrogens is 3. The van der Waals surface area contributed by atoms with Crippen molar-refractivity contribution in [2.75, 3.05) is 31.1 Å². The van der Waals surface area contributed by atoms with Gasteiger partial charge in [0.2, 0.25) is 5.91 Å². The third-order valence-corrected chi connectivity index (χ3v) is 8.52. The van der Waals surface area contributed by atoms with Crippen molar-refractivity contribution in [1.29, 1.82) is 0 Å². The van der Waals surface area contributed by atoms with Crippen LogP contribution in [0, 0.1) is 11.6 Å². The summed E-state index contributed by atoms with van der Waals surface area (Å²) in [6.45, 7) is 4.42. The Morgan fingerprint density at radius 3 is 2.64 bits per heavy atom. The summed E-state index contributed by atoms with van der Waals surface area (Å²) in [5.41, 5.74) is -0.0228. The first-order chi connectivity index (χ1) is 20.4. The molecule has 7 rings (SSSR count). The highest BCUT2D eigenvalue weighted by atomic mass is 19.1. The summed E-state index contributed by atoms with van der Waals surface area (Å²) in [5.74, 6) is -2.43. The van der Waals surface area contributed by atoms with E-state index in [2.05, 4.69) is 16.5 Å². The second kappa shape index (κ2) is 9.93. The Labute approximate surface area is 239 Å². The molecule has 11 heteroatoms. The van der Waals surface area contributed by atoms with Crippen molar-refractivity contribution in [3.05, 3.63) is 82.8 Å². The molecular weight excluding hydrogens is 544 g/mol. The smallest absolute Gasteiger partial charge is 0.355 e. The molecule has 1 amide bonds. The van der Waals surface area contributed by atoms with E-state index in [0.29, 0.717) is 18.8 Å². The van der Waals surface area contributed by atoms with E-state index >= 15 is 8.78 Å². The fraction of sp³-hybridized carbons (Fsp3) is 0.290. The second-order valence-electron chi connectivity index (χ2n) is 10.8. The number of aromatic hydroxyl groups is 1.